The molecule has 144 valence electrons. The number of rotatable bonds is 6. The van der Waals surface area contributed by atoms with Crippen molar-refractivity contribution in [3.63, 3.8) is 0 Å². The molecule has 2 aromatic rings. The fourth-order valence-electron chi connectivity index (χ4n) is 3.20. The third kappa shape index (κ3) is 4.62. The summed E-state index contributed by atoms with van der Waals surface area (Å²) in [4.78, 5) is 14.7. The summed E-state index contributed by atoms with van der Waals surface area (Å²) in [6, 6.07) is 11.4. The Morgan fingerprint density at radius 3 is 2.41 bits per heavy atom. The average Bonchev–Trinajstić information content (AvgIpc) is 3.18. The van der Waals surface area contributed by atoms with Crippen molar-refractivity contribution in [1.29, 1.82) is 0 Å². The van der Waals surface area contributed by atoms with Crippen molar-refractivity contribution in [3.05, 3.63) is 58.6 Å². The molecule has 5 nitrogen and oxygen atoms in total. The number of nitrogens with zero attached hydrogens (tertiary/aromatic N) is 1. The number of carbonyl (C=O) groups excluding carboxylic acids is 1. The molecule has 1 aliphatic heterocycles. The maximum atomic E-state index is 12.8. The molecule has 0 atom stereocenters. The molecule has 7 heteroatoms. The van der Waals surface area contributed by atoms with Gasteiger partial charge < -0.3 is 4.90 Å². The van der Waals surface area contributed by atoms with Crippen LogP contribution >= 0.6 is 11.6 Å². The fourth-order valence-corrected chi connectivity index (χ4v) is 4.45. The lowest BCUT2D eigenvalue weighted by atomic mass is 10.1. The maximum absolute atomic E-state index is 12.8. The van der Waals surface area contributed by atoms with Crippen molar-refractivity contribution >= 4 is 33.2 Å². The highest BCUT2D eigenvalue weighted by atomic mass is 35.5. The first kappa shape index (κ1) is 19.7. The highest BCUT2D eigenvalue weighted by Crippen LogP contribution is 2.26. The summed E-state index contributed by atoms with van der Waals surface area (Å²) in [5, 5.41) is 0.393. The van der Waals surface area contributed by atoms with Crippen LogP contribution in [0, 0.1) is 0 Å². The van der Waals surface area contributed by atoms with Crippen molar-refractivity contribution in [1.82, 2.24) is 4.90 Å². The second-order valence-corrected chi connectivity index (χ2v) is 8.81. The number of hydrogen-bond acceptors (Lipinski definition) is 3. The van der Waals surface area contributed by atoms with Crippen LogP contribution in [0.4, 0.5) is 5.69 Å². The lowest BCUT2D eigenvalue weighted by Gasteiger charge is -2.18. The van der Waals surface area contributed by atoms with Crippen LogP contribution in [0.5, 0.6) is 0 Å². The van der Waals surface area contributed by atoms with E-state index >= 15 is 0 Å². The second-order valence-electron chi connectivity index (χ2n) is 6.69. The molecule has 27 heavy (non-hydrogen) atoms. The van der Waals surface area contributed by atoms with E-state index in [1.165, 1.54) is 12.1 Å². The van der Waals surface area contributed by atoms with Gasteiger partial charge in [-0.05, 0) is 55.2 Å². The lowest BCUT2D eigenvalue weighted by molar-refractivity contribution is 0.0794. The number of halogens is 1. The van der Waals surface area contributed by atoms with Crippen LogP contribution in [0.15, 0.2) is 47.4 Å². The first-order chi connectivity index (χ1) is 12.9. The van der Waals surface area contributed by atoms with E-state index in [0.717, 1.165) is 31.2 Å². The predicted octanol–water partition coefficient (Wildman–Crippen LogP) is 4.33. The molecule has 0 aliphatic carbocycles. The molecule has 0 radical (unpaired) electrons. The number of benzene rings is 2. The first-order valence-electron chi connectivity index (χ1n) is 9.11. The molecular formula is C20H23ClN2O3S. The van der Waals surface area contributed by atoms with Gasteiger partial charge in [-0.1, -0.05) is 37.1 Å². The summed E-state index contributed by atoms with van der Waals surface area (Å²) < 4.78 is 28.1. The number of amides is 1. The van der Waals surface area contributed by atoms with Gasteiger partial charge in [0.25, 0.3) is 15.9 Å². The molecule has 0 spiro atoms. The summed E-state index contributed by atoms with van der Waals surface area (Å²) >= 11 is 6.05. The van der Waals surface area contributed by atoms with Crippen LogP contribution in [0.3, 0.4) is 0 Å². The Balaban J connectivity index is 1.88. The second kappa shape index (κ2) is 8.31. The van der Waals surface area contributed by atoms with E-state index in [9.17, 15) is 13.2 Å². The van der Waals surface area contributed by atoms with E-state index in [1.54, 1.807) is 23.1 Å². The van der Waals surface area contributed by atoms with E-state index in [2.05, 4.69) is 11.6 Å². The van der Waals surface area contributed by atoms with E-state index in [4.69, 9.17) is 11.6 Å². The van der Waals surface area contributed by atoms with Crippen molar-refractivity contribution in [2.45, 2.75) is 37.5 Å². The zero-order valence-electron chi connectivity index (χ0n) is 15.2. The highest BCUT2D eigenvalue weighted by molar-refractivity contribution is 7.92. The lowest BCUT2D eigenvalue weighted by Crippen LogP contribution is -2.29. The van der Waals surface area contributed by atoms with Crippen LogP contribution in [0.25, 0.3) is 0 Å². The third-order valence-corrected chi connectivity index (χ3v) is 6.24. The van der Waals surface area contributed by atoms with Gasteiger partial charge in [-0.3, -0.25) is 9.52 Å². The number of hydrogen-bond donors (Lipinski definition) is 1. The minimum absolute atomic E-state index is 0.164. The Morgan fingerprint density at radius 1 is 1.11 bits per heavy atom. The highest BCUT2D eigenvalue weighted by Gasteiger charge is 2.24. The number of likely N-dealkylation sites (tertiary alicyclic amines) is 1. The number of aryl methyl sites for hydroxylation is 1. The average molecular weight is 407 g/mol. The number of nitrogens with one attached hydrogen (secondary N) is 1. The Kier molecular flexibility index (Phi) is 6.07. The summed E-state index contributed by atoms with van der Waals surface area (Å²) in [6.07, 6.45) is 3.81. The molecule has 1 N–H and O–H groups in total. The van der Waals surface area contributed by atoms with E-state index in [0.29, 0.717) is 18.1 Å². The molecule has 0 unspecified atom stereocenters. The monoisotopic (exact) mass is 406 g/mol. The smallest absolute Gasteiger partial charge is 0.261 e. The summed E-state index contributed by atoms with van der Waals surface area (Å²) in [6.45, 7) is 3.43. The molecule has 1 heterocycles. The van der Waals surface area contributed by atoms with Crippen LogP contribution in [-0.2, 0) is 16.4 Å². The summed E-state index contributed by atoms with van der Waals surface area (Å²) in [5.74, 6) is -0.203. The van der Waals surface area contributed by atoms with Gasteiger partial charge in [0.2, 0.25) is 0 Å². The van der Waals surface area contributed by atoms with Crippen molar-refractivity contribution < 1.29 is 13.2 Å². The molecule has 1 amide bonds. The Labute approximate surface area is 165 Å². The predicted molar refractivity (Wildman–Crippen MR) is 108 cm³/mol. The van der Waals surface area contributed by atoms with Crippen molar-refractivity contribution in [2.24, 2.45) is 0 Å². The van der Waals surface area contributed by atoms with Crippen LogP contribution in [0.1, 0.15) is 42.1 Å². The van der Waals surface area contributed by atoms with E-state index in [-0.39, 0.29) is 22.1 Å². The maximum Gasteiger partial charge on any atom is 0.261 e. The Hall–Kier alpha value is -2.05. The van der Waals surface area contributed by atoms with Gasteiger partial charge in [0.15, 0.2) is 0 Å². The number of anilines is 1. The quantitative estimate of drug-likeness (QED) is 0.776. The largest absolute Gasteiger partial charge is 0.339 e. The minimum atomic E-state index is -3.80. The van der Waals surface area contributed by atoms with Crippen LogP contribution < -0.4 is 4.72 Å². The number of sulfonamides is 1. The first-order valence-corrected chi connectivity index (χ1v) is 11.0. The number of carbonyl (C=O) groups is 1. The van der Waals surface area contributed by atoms with Crippen molar-refractivity contribution in [2.75, 3.05) is 17.8 Å². The van der Waals surface area contributed by atoms with Crippen LogP contribution in [0.2, 0.25) is 5.02 Å². The standard InChI is InChI=1S/C20H23ClN2O3S/c1-2-5-15-6-9-17(10-7-15)27(25,26)22-19-11-8-16(21)14-18(19)20(24)23-12-3-4-13-23/h6-11,14,22H,2-5,12-13H2,1H3. The van der Waals surface area contributed by atoms with Gasteiger partial charge >= 0.3 is 0 Å². The van der Waals surface area contributed by atoms with Gasteiger partial charge in [-0.25, -0.2) is 8.42 Å². The molecular weight excluding hydrogens is 384 g/mol. The molecule has 1 aliphatic rings. The van der Waals surface area contributed by atoms with Gasteiger partial charge in [-0.2, -0.15) is 0 Å². The van der Waals surface area contributed by atoms with Gasteiger partial charge in [0, 0.05) is 18.1 Å². The third-order valence-electron chi connectivity index (χ3n) is 4.62. The summed E-state index contributed by atoms with van der Waals surface area (Å²) in [5.41, 5.74) is 1.61. The summed E-state index contributed by atoms with van der Waals surface area (Å²) in [7, 11) is -3.80. The fraction of sp³-hybridized carbons (Fsp3) is 0.350. The van der Waals surface area contributed by atoms with Gasteiger partial charge in [0.05, 0.1) is 16.1 Å². The minimum Gasteiger partial charge on any atom is -0.339 e. The Morgan fingerprint density at radius 2 is 1.78 bits per heavy atom. The molecule has 0 saturated carbocycles. The zero-order valence-corrected chi connectivity index (χ0v) is 16.8. The van der Waals surface area contributed by atoms with Crippen molar-refractivity contribution in [3.8, 4) is 0 Å². The molecule has 1 saturated heterocycles. The van der Waals surface area contributed by atoms with Gasteiger partial charge in [-0.15, -0.1) is 0 Å². The molecule has 2 aromatic carbocycles. The van der Waals surface area contributed by atoms with Gasteiger partial charge in [0.1, 0.15) is 0 Å². The topological polar surface area (TPSA) is 66.5 Å². The molecule has 0 aromatic heterocycles. The molecule has 3 rings (SSSR count). The Bertz CT molecular complexity index is 921. The normalized spacial score (nSPS) is 14.4. The van der Waals surface area contributed by atoms with Crippen LogP contribution in [-0.4, -0.2) is 32.3 Å². The molecule has 0 bridgehead atoms. The van der Waals surface area contributed by atoms with E-state index < -0.39 is 10.0 Å². The molecule has 1 fully saturated rings. The van der Waals surface area contributed by atoms with E-state index in [1.807, 2.05) is 12.1 Å². The SMILES string of the molecule is CCCc1ccc(S(=O)(=O)Nc2ccc(Cl)cc2C(=O)N2CCCC2)cc1. The zero-order chi connectivity index (χ0) is 19.4.